The minimum atomic E-state index is -3.98. The first-order valence-corrected chi connectivity index (χ1v) is 13.3. The number of sulfonamides is 1. The maximum absolute atomic E-state index is 13.4. The van der Waals surface area contributed by atoms with Gasteiger partial charge in [-0.15, -0.1) is 11.8 Å². The van der Waals surface area contributed by atoms with Crippen LogP contribution in [0.15, 0.2) is 87.7 Å². The summed E-state index contributed by atoms with van der Waals surface area (Å²) in [6.45, 7) is 3.97. The monoisotopic (exact) mass is 497 g/mol. The van der Waals surface area contributed by atoms with Gasteiger partial charge in [0.25, 0.3) is 15.9 Å². The smallest absolute Gasteiger partial charge is 0.264 e. The molecule has 34 heavy (non-hydrogen) atoms. The Morgan fingerprint density at radius 3 is 2.26 bits per heavy atom. The number of ether oxygens (including phenoxy) is 1. The van der Waals surface area contributed by atoms with Crippen molar-refractivity contribution in [1.29, 1.82) is 0 Å². The number of carbonyl (C=O) groups is 1. The molecule has 3 aromatic rings. The Bertz CT molecular complexity index is 1220. The van der Waals surface area contributed by atoms with Crippen molar-refractivity contribution in [2.75, 3.05) is 23.7 Å². The van der Waals surface area contributed by atoms with Crippen molar-refractivity contribution in [3.05, 3.63) is 83.9 Å². The highest BCUT2D eigenvalue weighted by Gasteiger charge is 2.27. The van der Waals surface area contributed by atoms with Crippen molar-refractivity contribution < 1.29 is 17.9 Å². The molecular weight excluding hydrogens is 470 g/mol. The van der Waals surface area contributed by atoms with E-state index in [-0.39, 0.29) is 4.90 Å². The Labute approximate surface area is 204 Å². The van der Waals surface area contributed by atoms with E-state index in [1.807, 2.05) is 32.2 Å². The molecule has 0 radical (unpaired) electrons. The average molecular weight is 498 g/mol. The van der Waals surface area contributed by atoms with Crippen LogP contribution in [0, 0.1) is 6.92 Å². The highest BCUT2D eigenvalue weighted by molar-refractivity contribution is 7.98. The number of hydrazone groups is 1. The normalized spacial score (nSPS) is 11.4. The number of nitrogens with zero attached hydrogens (tertiary/aromatic N) is 2. The number of amides is 1. The van der Waals surface area contributed by atoms with Gasteiger partial charge in [0.05, 0.1) is 23.4 Å². The van der Waals surface area contributed by atoms with E-state index in [2.05, 4.69) is 10.5 Å². The van der Waals surface area contributed by atoms with Crippen LogP contribution < -0.4 is 14.5 Å². The number of anilines is 1. The van der Waals surface area contributed by atoms with E-state index in [4.69, 9.17) is 4.74 Å². The first-order chi connectivity index (χ1) is 16.3. The molecule has 0 aliphatic rings. The number of carbonyl (C=O) groups excluding carboxylic acids is 1. The number of hydrogen-bond donors (Lipinski definition) is 1. The molecule has 178 valence electrons. The van der Waals surface area contributed by atoms with Crippen molar-refractivity contribution in [2.24, 2.45) is 5.10 Å². The molecule has 0 aliphatic carbocycles. The molecule has 0 spiro atoms. The summed E-state index contributed by atoms with van der Waals surface area (Å²) >= 11 is 1.52. The van der Waals surface area contributed by atoms with Crippen molar-refractivity contribution in [1.82, 2.24) is 5.43 Å². The number of aryl methyl sites for hydroxylation is 1. The Balaban J connectivity index is 1.78. The average Bonchev–Trinajstić information content (AvgIpc) is 2.84. The van der Waals surface area contributed by atoms with E-state index < -0.39 is 22.5 Å². The molecule has 1 N–H and O–H groups in total. The van der Waals surface area contributed by atoms with Gasteiger partial charge in [-0.1, -0.05) is 17.7 Å². The lowest BCUT2D eigenvalue weighted by Gasteiger charge is -2.24. The lowest BCUT2D eigenvalue weighted by molar-refractivity contribution is -0.119. The van der Waals surface area contributed by atoms with Crippen molar-refractivity contribution in [2.45, 2.75) is 23.6 Å². The molecule has 0 aromatic heterocycles. The molecule has 0 atom stereocenters. The van der Waals surface area contributed by atoms with Crippen LogP contribution in [0.3, 0.4) is 0 Å². The highest BCUT2D eigenvalue weighted by Crippen LogP contribution is 2.25. The van der Waals surface area contributed by atoms with Crippen LogP contribution in [0.1, 0.15) is 18.1 Å². The number of hydrogen-bond acceptors (Lipinski definition) is 6. The minimum Gasteiger partial charge on any atom is -0.494 e. The van der Waals surface area contributed by atoms with Crippen LogP contribution in [0.25, 0.3) is 0 Å². The highest BCUT2D eigenvalue weighted by atomic mass is 32.2. The molecule has 0 saturated heterocycles. The zero-order chi connectivity index (χ0) is 24.6. The predicted molar refractivity (Wildman–Crippen MR) is 137 cm³/mol. The van der Waals surface area contributed by atoms with E-state index in [9.17, 15) is 13.2 Å². The standard InChI is InChI=1S/C25H27N3O4S2/c1-4-32-22-11-7-20(8-12-22)17-26-27-25(29)18-28(21-9-5-19(2)6-10-21)34(30,31)24-15-13-23(33-3)14-16-24/h5-17H,4,18H2,1-3H3,(H,27,29)/b26-17-. The van der Waals surface area contributed by atoms with Crippen LogP contribution in [-0.4, -0.2) is 39.9 Å². The Morgan fingerprint density at radius 2 is 1.68 bits per heavy atom. The van der Waals surface area contributed by atoms with Gasteiger partial charge in [-0.25, -0.2) is 13.8 Å². The maximum Gasteiger partial charge on any atom is 0.264 e. The fraction of sp³-hybridized carbons (Fsp3) is 0.200. The second kappa shape index (κ2) is 11.7. The van der Waals surface area contributed by atoms with Gasteiger partial charge in [-0.2, -0.15) is 5.10 Å². The van der Waals surface area contributed by atoms with E-state index >= 15 is 0 Å². The van der Waals surface area contributed by atoms with Crippen LogP contribution >= 0.6 is 11.8 Å². The van der Waals surface area contributed by atoms with E-state index in [1.54, 1.807) is 60.7 Å². The zero-order valence-corrected chi connectivity index (χ0v) is 20.9. The van der Waals surface area contributed by atoms with Gasteiger partial charge in [0.2, 0.25) is 0 Å². The van der Waals surface area contributed by atoms with E-state index in [0.717, 1.165) is 26.1 Å². The van der Waals surface area contributed by atoms with Gasteiger partial charge in [0.15, 0.2) is 0 Å². The molecule has 3 rings (SSSR count). The number of thioether (sulfide) groups is 1. The number of nitrogens with one attached hydrogen (secondary N) is 1. The van der Waals surface area contributed by atoms with Gasteiger partial charge in [0.1, 0.15) is 12.3 Å². The lowest BCUT2D eigenvalue weighted by Crippen LogP contribution is -2.39. The molecule has 0 fully saturated rings. The molecule has 9 heteroatoms. The van der Waals surface area contributed by atoms with Gasteiger partial charge in [0, 0.05) is 4.90 Å². The van der Waals surface area contributed by atoms with Gasteiger partial charge in [-0.05, 0) is 86.3 Å². The molecule has 0 unspecified atom stereocenters. The SMILES string of the molecule is CCOc1ccc(/C=N\NC(=O)CN(c2ccc(C)cc2)S(=O)(=O)c2ccc(SC)cc2)cc1. The second-order valence-corrected chi connectivity index (χ2v) is 10.1. The van der Waals surface area contributed by atoms with Gasteiger partial charge >= 0.3 is 0 Å². The largest absolute Gasteiger partial charge is 0.494 e. The summed E-state index contributed by atoms with van der Waals surface area (Å²) in [6, 6.07) is 20.8. The topological polar surface area (TPSA) is 88.1 Å². The lowest BCUT2D eigenvalue weighted by atomic mass is 10.2. The Kier molecular flexibility index (Phi) is 8.72. The third-order valence-corrected chi connectivity index (χ3v) is 7.38. The first kappa shape index (κ1) is 25.3. The minimum absolute atomic E-state index is 0.108. The first-order valence-electron chi connectivity index (χ1n) is 10.6. The summed E-state index contributed by atoms with van der Waals surface area (Å²) in [4.78, 5) is 13.7. The summed E-state index contributed by atoms with van der Waals surface area (Å²) in [5.74, 6) is 0.181. The number of rotatable bonds is 10. The predicted octanol–water partition coefficient (Wildman–Crippen LogP) is 4.46. The fourth-order valence-electron chi connectivity index (χ4n) is 3.06. The molecule has 1 amide bonds. The quantitative estimate of drug-likeness (QED) is 0.254. The molecule has 7 nitrogen and oxygen atoms in total. The summed E-state index contributed by atoms with van der Waals surface area (Å²) in [5, 5.41) is 3.97. The summed E-state index contributed by atoms with van der Waals surface area (Å²) in [7, 11) is -3.98. The summed E-state index contributed by atoms with van der Waals surface area (Å²) in [5.41, 5.74) is 4.55. The Hall–Kier alpha value is -3.30. The summed E-state index contributed by atoms with van der Waals surface area (Å²) < 4.78 is 33.3. The van der Waals surface area contributed by atoms with Crippen molar-refractivity contribution in [3.8, 4) is 5.75 Å². The van der Waals surface area contributed by atoms with Gasteiger partial charge in [-0.3, -0.25) is 9.10 Å². The van der Waals surface area contributed by atoms with Crippen LogP contribution in [-0.2, 0) is 14.8 Å². The van der Waals surface area contributed by atoms with E-state index in [0.29, 0.717) is 12.3 Å². The third-order valence-electron chi connectivity index (χ3n) is 4.85. The van der Waals surface area contributed by atoms with Crippen LogP contribution in [0.2, 0.25) is 0 Å². The van der Waals surface area contributed by atoms with Crippen molar-refractivity contribution in [3.63, 3.8) is 0 Å². The maximum atomic E-state index is 13.4. The van der Waals surface area contributed by atoms with Crippen LogP contribution in [0.5, 0.6) is 5.75 Å². The Morgan fingerprint density at radius 1 is 1.03 bits per heavy atom. The molecule has 3 aromatic carbocycles. The van der Waals surface area contributed by atoms with E-state index in [1.165, 1.54) is 18.0 Å². The molecular formula is C25H27N3O4S2. The zero-order valence-electron chi connectivity index (χ0n) is 19.3. The molecule has 0 aliphatic heterocycles. The van der Waals surface area contributed by atoms with Crippen LogP contribution in [0.4, 0.5) is 5.69 Å². The molecule has 0 heterocycles. The molecule has 0 bridgehead atoms. The molecule has 0 saturated carbocycles. The summed E-state index contributed by atoms with van der Waals surface area (Å²) in [6.07, 6.45) is 3.40. The van der Waals surface area contributed by atoms with Gasteiger partial charge < -0.3 is 4.74 Å². The second-order valence-electron chi connectivity index (χ2n) is 7.32. The third kappa shape index (κ3) is 6.61. The number of benzene rings is 3. The van der Waals surface area contributed by atoms with Crippen molar-refractivity contribution >= 4 is 39.6 Å². The fourth-order valence-corrected chi connectivity index (χ4v) is 4.89.